The third-order valence-electron chi connectivity index (χ3n) is 3.47. The lowest BCUT2D eigenvalue weighted by atomic mass is 9.94. The van der Waals surface area contributed by atoms with Crippen molar-refractivity contribution in [3.05, 3.63) is 0 Å². The number of hydrogen-bond acceptors (Lipinski definition) is 3. The molecule has 0 amide bonds. The molecule has 0 aliphatic heterocycles. The lowest BCUT2D eigenvalue weighted by Gasteiger charge is -2.30. The van der Waals surface area contributed by atoms with E-state index >= 15 is 0 Å². The number of carbonyl (C=O) groups excluding carboxylic acids is 1. The molecule has 3 unspecified atom stereocenters. The average Bonchev–Trinajstić information content (AvgIpc) is 2.59. The molecule has 0 saturated heterocycles. The van der Waals surface area contributed by atoms with Gasteiger partial charge in [-0.3, -0.25) is 10.1 Å². The minimum absolute atomic E-state index is 0.0906. The smallest absolute Gasteiger partial charge is 0.326 e. The van der Waals surface area contributed by atoms with Gasteiger partial charge in [-0.15, -0.1) is 0 Å². The van der Waals surface area contributed by atoms with Crippen LogP contribution >= 0.6 is 0 Å². The van der Waals surface area contributed by atoms with Gasteiger partial charge >= 0.3 is 5.97 Å². The highest BCUT2D eigenvalue weighted by molar-refractivity contribution is 5.81. The van der Waals surface area contributed by atoms with Crippen LogP contribution in [-0.2, 0) is 9.53 Å². The van der Waals surface area contributed by atoms with Gasteiger partial charge < -0.3 is 4.74 Å². The van der Waals surface area contributed by atoms with E-state index < -0.39 is 5.54 Å². The van der Waals surface area contributed by atoms with E-state index in [1.807, 2.05) is 0 Å². The Morgan fingerprint density at radius 3 is 2.73 bits per heavy atom. The van der Waals surface area contributed by atoms with Crippen molar-refractivity contribution in [2.75, 3.05) is 7.11 Å². The van der Waals surface area contributed by atoms with E-state index in [0.717, 1.165) is 25.7 Å². The second kappa shape index (κ2) is 4.97. The van der Waals surface area contributed by atoms with Crippen molar-refractivity contribution in [1.82, 2.24) is 5.32 Å². The summed E-state index contributed by atoms with van der Waals surface area (Å²) in [7, 11) is 1.48. The first-order valence-corrected chi connectivity index (χ1v) is 5.90. The number of nitrogens with one attached hydrogen (secondary N) is 1. The predicted molar refractivity (Wildman–Crippen MR) is 60.7 cm³/mol. The zero-order valence-corrected chi connectivity index (χ0v) is 10.3. The number of carbonyl (C=O) groups is 1. The summed E-state index contributed by atoms with van der Waals surface area (Å²) in [5.74, 6) is 0.521. The lowest BCUT2D eigenvalue weighted by molar-refractivity contribution is -0.149. The lowest BCUT2D eigenvalue weighted by Crippen LogP contribution is -2.54. The second-order valence-corrected chi connectivity index (χ2v) is 4.88. The van der Waals surface area contributed by atoms with Crippen LogP contribution in [0.25, 0.3) is 0 Å². The van der Waals surface area contributed by atoms with Gasteiger partial charge in [-0.2, -0.15) is 0 Å². The highest BCUT2D eigenvalue weighted by Gasteiger charge is 2.45. The maximum absolute atomic E-state index is 11.8. The molecule has 3 nitrogen and oxygen atoms in total. The molecule has 1 aliphatic carbocycles. The fourth-order valence-corrected chi connectivity index (χ4v) is 2.44. The van der Waals surface area contributed by atoms with E-state index in [0.29, 0.717) is 12.0 Å². The summed E-state index contributed by atoms with van der Waals surface area (Å²) in [5, 5.41) is 3.45. The Labute approximate surface area is 92.6 Å². The molecule has 0 heterocycles. The highest BCUT2D eigenvalue weighted by Crippen LogP contribution is 2.35. The molecular weight excluding hydrogens is 190 g/mol. The average molecular weight is 213 g/mol. The maximum Gasteiger partial charge on any atom is 0.326 e. The third-order valence-corrected chi connectivity index (χ3v) is 3.47. The molecule has 0 aromatic heterocycles. The molecule has 0 spiro atoms. The van der Waals surface area contributed by atoms with Crippen molar-refractivity contribution in [2.45, 2.75) is 58.0 Å². The van der Waals surface area contributed by atoms with E-state index in [1.165, 1.54) is 7.11 Å². The molecule has 1 aliphatic rings. The van der Waals surface area contributed by atoms with Gasteiger partial charge in [-0.1, -0.05) is 13.8 Å². The first-order valence-electron chi connectivity index (χ1n) is 5.90. The van der Waals surface area contributed by atoms with Crippen molar-refractivity contribution in [2.24, 2.45) is 5.92 Å². The van der Waals surface area contributed by atoms with Crippen LogP contribution in [0.15, 0.2) is 0 Å². The minimum atomic E-state index is -0.413. The largest absolute Gasteiger partial charge is 0.468 e. The molecule has 0 bridgehead atoms. The number of hydrogen-bond donors (Lipinski definition) is 1. The van der Waals surface area contributed by atoms with Crippen LogP contribution in [0.2, 0.25) is 0 Å². The summed E-state index contributed by atoms with van der Waals surface area (Å²) >= 11 is 0. The molecule has 0 radical (unpaired) electrons. The molecule has 3 heteroatoms. The SMILES string of the molecule is CCC(C)NC1(C(=O)OC)CCC(C)C1. The molecule has 3 atom stereocenters. The topological polar surface area (TPSA) is 38.3 Å². The third kappa shape index (κ3) is 2.71. The summed E-state index contributed by atoms with van der Waals surface area (Å²) in [6.45, 7) is 6.44. The van der Waals surface area contributed by atoms with Gasteiger partial charge in [0.2, 0.25) is 0 Å². The van der Waals surface area contributed by atoms with Crippen molar-refractivity contribution >= 4 is 5.97 Å². The standard InChI is InChI=1S/C12H23NO2/c1-5-10(3)13-12(11(14)15-4)7-6-9(2)8-12/h9-10,13H,5-8H2,1-4H3. The first-order chi connectivity index (χ1) is 7.04. The van der Waals surface area contributed by atoms with Crippen LogP contribution in [0, 0.1) is 5.92 Å². The summed E-state index contributed by atoms with van der Waals surface area (Å²) in [6.07, 6.45) is 3.96. The number of esters is 1. The van der Waals surface area contributed by atoms with Crippen LogP contribution in [0.4, 0.5) is 0 Å². The highest BCUT2D eigenvalue weighted by atomic mass is 16.5. The molecule has 88 valence electrons. The van der Waals surface area contributed by atoms with Crippen LogP contribution in [0.5, 0.6) is 0 Å². The Hall–Kier alpha value is -0.570. The van der Waals surface area contributed by atoms with E-state index in [2.05, 4.69) is 26.1 Å². The van der Waals surface area contributed by atoms with Crippen molar-refractivity contribution in [1.29, 1.82) is 0 Å². The number of ether oxygens (including phenoxy) is 1. The fourth-order valence-electron chi connectivity index (χ4n) is 2.44. The van der Waals surface area contributed by atoms with Crippen LogP contribution in [0.1, 0.15) is 46.5 Å². The van der Waals surface area contributed by atoms with E-state index in [1.54, 1.807) is 0 Å². The Morgan fingerprint density at radius 2 is 2.33 bits per heavy atom. The van der Waals surface area contributed by atoms with Gasteiger partial charge in [0.05, 0.1) is 7.11 Å². The zero-order chi connectivity index (χ0) is 11.5. The van der Waals surface area contributed by atoms with E-state index in [4.69, 9.17) is 4.74 Å². The summed E-state index contributed by atoms with van der Waals surface area (Å²) < 4.78 is 4.93. The van der Waals surface area contributed by atoms with Crippen molar-refractivity contribution in [3.63, 3.8) is 0 Å². The fraction of sp³-hybridized carbons (Fsp3) is 0.917. The maximum atomic E-state index is 11.8. The molecule has 1 N–H and O–H groups in total. The molecule has 1 fully saturated rings. The predicted octanol–water partition coefficient (Wildman–Crippen LogP) is 2.11. The Bertz CT molecular complexity index is 230. The van der Waals surface area contributed by atoms with Gasteiger partial charge in [0, 0.05) is 6.04 Å². The van der Waals surface area contributed by atoms with E-state index in [9.17, 15) is 4.79 Å². The minimum Gasteiger partial charge on any atom is -0.468 e. The Morgan fingerprint density at radius 1 is 1.67 bits per heavy atom. The Balaban J connectivity index is 2.73. The summed E-state index contributed by atoms with van der Waals surface area (Å²) in [4.78, 5) is 11.8. The normalized spacial score (nSPS) is 32.7. The molecule has 0 aromatic rings. The Kier molecular flexibility index (Phi) is 4.14. The quantitative estimate of drug-likeness (QED) is 0.727. The molecule has 0 aromatic carbocycles. The molecule has 1 saturated carbocycles. The van der Waals surface area contributed by atoms with Crippen molar-refractivity contribution < 1.29 is 9.53 Å². The van der Waals surface area contributed by atoms with Gasteiger partial charge in [0.1, 0.15) is 5.54 Å². The van der Waals surface area contributed by atoms with Crippen LogP contribution in [-0.4, -0.2) is 24.7 Å². The van der Waals surface area contributed by atoms with Crippen LogP contribution in [0.3, 0.4) is 0 Å². The number of methoxy groups -OCH3 is 1. The monoisotopic (exact) mass is 213 g/mol. The number of rotatable bonds is 4. The van der Waals surface area contributed by atoms with E-state index in [-0.39, 0.29) is 5.97 Å². The molecule has 15 heavy (non-hydrogen) atoms. The summed E-state index contributed by atoms with van der Waals surface area (Å²) in [6, 6.07) is 0.370. The molecule has 1 rings (SSSR count). The van der Waals surface area contributed by atoms with Gasteiger partial charge in [0.25, 0.3) is 0 Å². The molecular formula is C12H23NO2. The van der Waals surface area contributed by atoms with Gasteiger partial charge in [-0.05, 0) is 38.5 Å². The van der Waals surface area contributed by atoms with Gasteiger partial charge in [-0.25, -0.2) is 0 Å². The first kappa shape index (κ1) is 12.5. The zero-order valence-electron chi connectivity index (χ0n) is 10.3. The van der Waals surface area contributed by atoms with Crippen molar-refractivity contribution in [3.8, 4) is 0 Å². The van der Waals surface area contributed by atoms with Crippen LogP contribution < -0.4 is 5.32 Å². The second-order valence-electron chi connectivity index (χ2n) is 4.88. The van der Waals surface area contributed by atoms with Gasteiger partial charge in [0.15, 0.2) is 0 Å². The summed E-state index contributed by atoms with van der Waals surface area (Å²) in [5.41, 5.74) is -0.413.